The normalized spacial score (nSPS) is 10.3. The molecule has 0 saturated heterocycles. The molecule has 0 unspecified atom stereocenters. The zero-order chi connectivity index (χ0) is 13.2. The van der Waals surface area contributed by atoms with E-state index >= 15 is 0 Å². The summed E-state index contributed by atoms with van der Waals surface area (Å²) >= 11 is 0. The highest BCUT2D eigenvalue weighted by Gasteiger charge is 2.02. The Morgan fingerprint density at radius 3 is 2.68 bits per heavy atom. The lowest BCUT2D eigenvalue weighted by atomic mass is 10.0. The molecular weight excluding hydrogens is 236 g/mol. The van der Waals surface area contributed by atoms with Crippen molar-refractivity contribution in [3.63, 3.8) is 0 Å². The molecule has 3 nitrogen and oxygen atoms in total. The Morgan fingerprint density at radius 2 is 1.89 bits per heavy atom. The quantitative estimate of drug-likeness (QED) is 0.715. The minimum absolute atomic E-state index is 0.225. The molecule has 0 radical (unpaired) electrons. The lowest BCUT2D eigenvalue weighted by molar-refractivity contribution is 0.475. The molecule has 2 aromatic carbocycles. The van der Waals surface area contributed by atoms with Gasteiger partial charge in [-0.15, -0.1) is 0 Å². The molecule has 3 rings (SSSR count). The molecule has 0 fully saturated rings. The van der Waals surface area contributed by atoms with E-state index in [0.29, 0.717) is 5.56 Å². The first-order valence-corrected chi connectivity index (χ1v) is 5.85. The Labute approximate surface area is 110 Å². The highest BCUT2D eigenvalue weighted by atomic mass is 16.3. The van der Waals surface area contributed by atoms with Crippen molar-refractivity contribution in [2.24, 2.45) is 0 Å². The second-order valence-corrected chi connectivity index (χ2v) is 4.29. The van der Waals surface area contributed by atoms with Gasteiger partial charge in [0, 0.05) is 17.1 Å². The summed E-state index contributed by atoms with van der Waals surface area (Å²) in [6.45, 7) is 0. The first-order chi connectivity index (χ1) is 9.26. The second kappa shape index (κ2) is 4.43. The summed E-state index contributed by atoms with van der Waals surface area (Å²) in [5.41, 5.74) is 3.28. The summed E-state index contributed by atoms with van der Waals surface area (Å²) in [6.07, 6.45) is 1.77. The monoisotopic (exact) mass is 246 g/mol. The molecule has 0 aliphatic heterocycles. The predicted octanol–water partition coefficient (Wildman–Crippen LogP) is 3.48. The smallest absolute Gasteiger partial charge is 0.116 e. The number of aromatic hydroxyl groups is 1. The Bertz CT molecular complexity index is 803. The fraction of sp³-hybridized carbons (Fsp3) is 0. The van der Waals surface area contributed by atoms with Gasteiger partial charge in [-0.05, 0) is 42.0 Å². The molecule has 0 amide bonds. The SMILES string of the molecule is N#Cc1ccc2ncc(-c3cccc(O)c3)cc2c1. The van der Waals surface area contributed by atoms with Crippen LogP contribution in [-0.2, 0) is 0 Å². The summed E-state index contributed by atoms with van der Waals surface area (Å²) in [6, 6.07) is 16.5. The molecule has 0 aliphatic carbocycles. The molecule has 0 saturated carbocycles. The third-order valence-corrected chi connectivity index (χ3v) is 2.99. The first kappa shape index (κ1) is 11.2. The Kier molecular flexibility index (Phi) is 2.62. The average molecular weight is 246 g/mol. The lowest BCUT2D eigenvalue weighted by Gasteiger charge is -2.04. The molecule has 3 heteroatoms. The maximum absolute atomic E-state index is 9.51. The van der Waals surface area contributed by atoms with Crippen molar-refractivity contribution in [3.8, 4) is 22.9 Å². The zero-order valence-corrected chi connectivity index (χ0v) is 10.0. The summed E-state index contributed by atoms with van der Waals surface area (Å²) in [7, 11) is 0. The standard InChI is InChI=1S/C16H10N2O/c17-9-11-4-5-16-13(6-11)7-14(10-18-16)12-2-1-3-15(19)8-12/h1-8,10,19H. The Balaban J connectivity index is 2.18. The summed E-state index contributed by atoms with van der Waals surface area (Å²) < 4.78 is 0. The van der Waals surface area contributed by atoms with E-state index < -0.39 is 0 Å². The topological polar surface area (TPSA) is 56.9 Å². The number of phenolic OH excluding ortho intramolecular Hbond substituents is 1. The largest absolute Gasteiger partial charge is 0.508 e. The molecule has 1 N–H and O–H groups in total. The van der Waals surface area contributed by atoms with Crippen LogP contribution in [0.1, 0.15) is 5.56 Å². The summed E-state index contributed by atoms with van der Waals surface area (Å²) in [5, 5.41) is 19.3. The van der Waals surface area contributed by atoms with Gasteiger partial charge in [-0.1, -0.05) is 12.1 Å². The average Bonchev–Trinajstić information content (AvgIpc) is 2.46. The van der Waals surface area contributed by atoms with Gasteiger partial charge in [0.1, 0.15) is 5.75 Å². The van der Waals surface area contributed by atoms with Crippen molar-refractivity contribution < 1.29 is 5.11 Å². The highest BCUT2D eigenvalue weighted by Crippen LogP contribution is 2.25. The van der Waals surface area contributed by atoms with Gasteiger partial charge in [-0.2, -0.15) is 5.26 Å². The molecule has 0 aliphatic rings. The van der Waals surface area contributed by atoms with Crippen LogP contribution in [0.5, 0.6) is 5.75 Å². The van der Waals surface area contributed by atoms with Gasteiger partial charge in [0.2, 0.25) is 0 Å². The molecule has 3 aromatic rings. The number of hydrogen-bond acceptors (Lipinski definition) is 3. The van der Waals surface area contributed by atoms with Crippen molar-refractivity contribution in [1.29, 1.82) is 5.26 Å². The van der Waals surface area contributed by atoms with Crippen molar-refractivity contribution in [2.45, 2.75) is 0 Å². The van der Waals surface area contributed by atoms with Crippen LogP contribution in [0.15, 0.2) is 54.7 Å². The van der Waals surface area contributed by atoms with Crippen LogP contribution in [0, 0.1) is 11.3 Å². The number of aromatic nitrogens is 1. The van der Waals surface area contributed by atoms with Gasteiger partial charge in [0.15, 0.2) is 0 Å². The number of nitriles is 1. The van der Waals surface area contributed by atoms with Gasteiger partial charge in [0.05, 0.1) is 17.1 Å². The number of hydrogen-bond donors (Lipinski definition) is 1. The number of phenols is 1. The van der Waals surface area contributed by atoms with Gasteiger partial charge in [0.25, 0.3) is 0 Å². The van der Waals surface area contributed by atoms with E-state index in [1.54, 1.807) is 30.5 Å². The van der Waals surface area contributed by atoms with Crippen LogP contribution >= 0.6 is 0 Å². The number of rotatable bonds is 1. The van der Waals surface area contributed by atoms with E-state index in [2.05, 4.69) is 11.1 Å². The maximum atomic E-state index is 9.51. The fourth-order valence-electron chi connectivity index (χ4n) is 2.04. The van der Waals surface area contributed by atoms with Crippen LogP contribution in [0.2, 0.25) is 0 Å². The fourth-order valence-corrected chi connectivity index (χ4v) is 2.04. The van der Waals surface area contributed by atoms with Crippen LogP contribution in [0.25, 0.3) is 22.0 Å². The molecule has 0 bridgehead atoms. The molecule has 1 aromatic heterocycles. The van der Waals surface area contributed by atoms with Crippen molar-refractivity contribution >= 4 is 10.9 Å². The van der Waals surface area contributed by atoms with E-state index in [-0.39, 0.29) is 5.75 Å². The molecule has 0 atom stereocenters. The van der Waals surface area contributed by atoms with Gasteiger partial charge < -0.3 is 5.11 Å². The third kappa shape index (κ3) is 2.12. The molecule has 90 valence electrons. The molecule has 1 heterocycles. The lowest BCUT2D eigenvalue weighted by Crippen LogP contribution is -1.84. The zero-order valence-electron chi connectivity index (χ0n) is 10.0. The molecule has 0 spiro atoms. The van der Waals surface area contributed by atoms with Gasteiger partial charge in [-0.3, -0.25) is 4.98 Å². The Hall–Kier alpha value is -2.86. The van der Waals surface area contributed by atoms with Gasteiger partial charge in [-0.25, -0.2) is 0 Å². The molecule has 19 heavy (non-hydrogen) atoms. The number of benzene rings is 2. The number of nitrogens with zero attached hydrogens (tertiary/aromatic N) is 2. The van der Waals surface area contributed by atoms with E-state index in [4.69, 9.17) is 5.26 Å². The number of pyridine rings is 1. The molecular formula is C16H10N2O. The van der Waals surface area contributed by atoms with Gasteiger partial charge >= 0.3 is 0 Å². The third-order valence-electron chi connectivity index (χ3n) is 2.99. The minimum atomic E-state index is 0.225. The van der Waals surface area contributed by atoms with Crippen molar-refractivity contribution in [1.82, 2.24) is 4.98 Å². The van der Waals surface area contributed by atoms with Crippen LogP contribution in [-0.4, -0.2) is 10.1 Å². The van der Waals surface area contributed by atoms with Crippen LogP contribution < -0.4 is 0 Å². The summed E-state index contributed by atoms with van der Waals surface area (Å²) in [4.78, 5) is 4.37. The van der Waals surface area contributed by atoms with Crippen LogP contribution in [0.4, 0.5) is 0 Å². The number of fused-ring (bicyclic) bond motifs is 1. The van der Waals surface area contributed by atoms with E-state index in [1.165, 1.54) is 0 Å². The van der Waals surface area contributed by atoms with E-state index in [1.807, 2.05) is 24.3 Å². The van der Waals surface area contributed by atoms with E-state index in [0.717, 1.165) is 22.0 Å². The second-order valence-electron chi connectivity index (χ2n) is 4.29. The predicted molar refractivity (Wildman–Crippen MR) is 73.6 cm³/mol. The van der Waals surface area contributed by atoms with E-state index in [9.17, 15) is 5.11 Å². The first-order valence-electron chi connectivity index (χ1n) is 5.85. The van der Waals surface area contributed by atoms with Crippen molar-refractivity contribution in [2.75, 3.05) is 0 Å². The summed E-state index contributed by atoms with van der Waals surface area (Å²) in [5.74, 6) is 0.225. The van der Waals surface area contributed by atoms with Crippen LogP contribution in [0.3, 0.4) is 0 Å². The highest BCUT2D eigenvalue weighted by molar-refractivity contribution is 5.84. The minimum Gasteiger partial charge on any atom is -0.508 e. The maximum Gasteiger partial charge on any atom is 0.116 e. The Morgan fingerprint density at radius 1 is 1.00 bits per heavy atom. The van der Waals surface area contributed by atoms with Crippen molar-refractivity contribution in [3.05, 3.63) is 60.3 Å².